The largest absolute Gasteiger partial charge is 0.361 e. The Kier molecular flexibility index (Phi) is 5.34. The number of rotatable bonds is 5. The summed E-state index contributed by atoms with van der Waals surface area (Å²) in [5.74, 6) is -0.619. The van der Waals surface area contributed by atoms with Crippen molar-refractivity contribution in [3.63, 3.8) is 0 Å². The molecule has 1 aromatic carbocycles. The van der Waals surface area contributed by atoms with Crippen LogP contribution in [0, 0.1) is 23.2 Å². The molecule has 9 heteroatoms. The van der Waals surface area contributed by atoms with Gasteiger partial charge in [-0.05, 0) is 60.1 Å². The lowest BCUT2D eigenvalue weighted by Crippen LogP contribution is -2.15. The molecule has 2 aromatic heterocycles. The van der Waals surface area contributed by atoms with E-state index in [1.165, 1.54) is 5.56 Å². The second kappa shape index (κ2) is 8.47. The quantitative estimate of drug-likeness (QED) is 0.577. The lowest BCUT2D eigenvalue weighted by molar-refractivity contribution is -0.117. The topological polar surface area (TPSA) is 148 Å². The highest BCUT2D eigenvalue weighted by molar-refractivity contribution is 5.94. The van der Waals surface area contributed by atoms with Crippen LogP contribution in [0.15, 0.2) is 41.1 Å². The smallest absolute Gasteiger partial charge is 0.315 e. The summed E-state index contributed by atoms with van der Waals surface area (Å²) in [7, 11) is 0. The van der Waals surface area contributed by atoms with Crippen molar-refractivity contribution < 1.29 is 14.1 Å². The summed E-state index contributed by atoms with van der Waals surface area (Å²) in [5, 5.41) is 15.8. The van der Waals surface area contributed by atoms with Crippen LogP contribution in [0.25, 0.3) is 11.1 Å². The highest BCUT2D eigenvalue weighted by Crippen LogP contribution is 2.39. The van der Waals surface area contributed by atoms with E-state index in [0.717, 1.165) is 42.4 Å². The minimum Gasteiger partial charge on any atom is -0.361 e. The first-order valence-electron chi connectivity index (χ1n) is 11.0. The molecular weight excluding hydrogens is 420 g/mol. The Balaban J connectivity index is 1.41. The molecule has 9 nitrogen and oxygen atoms in total. The third kappa shape index (κ3) is 4.20. The molecule has 166 valence electrons. The summed E-state index contributed by atoms with van der Waals surface area (Å²) < 4.78 is 5.01. The van der Waals surface area contributed by atoms with Crippen molar-refractivity contribution in [2.75, 3.05) is 5.32 Å². The molecule has 1 saturated carbocycles. The Labute approximate surface area is 190 Å². The van der Waals surface area contributed by atoms with Crippen LogP contribution in [0.3, 0.4) is 0 Å². The fraction of sp³-hybridized carbons (Fsp3) is 0.333. The number of amides is 2. The van der Waals surface area contributed by atoms with Crippen molar-refractivity contribution >= 4 is 17.6 Å². The highest BCUT2D eigenvalue weighted by Gasteiger charge is 2.43. The summed E-state index contributed by atoms with van der Waals surface area (Å²) in [6.45, 7) is 0. The van der Waals surface area contributed by atoms with Crippen LogP contribution in [0.1, 0.15) is 59.2 Å². The van der Waals surface area contributed by atoms with Gasteiger partial charge in [-0.15, -0.1) is 0 Å². The zero-order chi connectivity index (χ0) is 22.9. The molecule has 3 atom stereocenters. The van der Waals surface area contributed by atoms with Gasteiger partial charge in [0, 0.05) is 12.1 Å². The maximum absolute atomic E-state index is 12.3. The van der Waals surface area contributed by atoms with Crippen LogP contribution in [-0.2, 0) is 11.2 Å². The third-order valence-electron chi connectivity index (χ3n) is 6.31. The van der Waals surface area contributed by atoms with E-state index in [1.54, 1.807) is 6.20 Å². The number of hydrogen-bond acceptors (Lipinski definition) is 7. The Hall–Kier alpha value is -4.06. The fourth-order valence-electron chi connectivity index (χ4n) is 4.43. The maximum atomic E-state index is 12.3. The minimum absolute atomic E-state index is 0.0627. The molecule has 33 heavy (non-hydrogen) atoms. The standard InChI is InChI=1S/C24H22N6O3/c25-12-16-10-19(16)23(32)28-20-11-14(7-8-27-20)13-5-6-17-15(9-13)3-1-2-4-18(17)22-29-24(21(26)31)33-30-22/h5-9,11,16,18-19H,1-4,10H2,(H2,26,31)(H,27,28,32)/t16-,18-,19-/m0/s1. The monoisotopic (exact) mass is 442 g/mol. The average molecular weight is 442 g/mol. The van der Waals surface area contributed by atoms with E-state index < -0.39 is 5.91 Å². The molecule has 3 aromatic rings. The molecular formula is C24H22N6O3. The number of pyridine rings is 1. The van der Waals surface area contributed by atoms with Crippen LogP contribution >= 0.6 is 0 Å². The molecule has 3 N–H and O–H groups in total. The highest BCUT2D eigenvalue weighted by atomic mass is 16.5. The predicted molar refractivity (Wildman–Crippen MR) is 118 cm³/mol. The molecule has 0 spiro atoms. The summed E-state index contributed by atoms with van der Waals surface area (Å²) in [4.78, 5) is 32.1. The van der Waals surface area contributed by atoms with Gasteiger partial charge in [-0.25, -0.2) is 4.98 Å². The Bertz CT molecular complexity index is 1280. The Morgan fingerprint density at radius 3 is 2.79 bits per heavy atom. The molecule has 2 aliphatic rings. The molecule has 0 aliphatic heterocycles. The third-order valence-corrected chi connectivity index (χ3v) is 6.31. The van der Waals surface area contributed by atoms with Gasteiger partial charge in [-0.1, -0.05) is 29.8 Å². The SMILES string of the molecule is N#C[C@@H]1C[C@@H]1C(=O)Nc1cc(-c2ccc3c(c2)CCCC[C@@H]3c2noc(C(N)=O)n2)ccn1. The second-order valence-corrected chi connectivity index (χ2v) is 8.53. The van der Waals surface area contributed by atoms with Gasteiger partial charge >= 0.3 is 11.8 Å². The number of carbonyl (C=O) groups excluding carboxylic acids is 2. The molecule has 2 amide bonds. The Morgan fingerprint density at radius 2 is 2.03 bits per heavy atom. The lowest BCUT2D eigenvalue weighted by atomic mass is 9.90. The van der Waals surface area contributed by atoms with Crippen LogP contribution in [0.4, 0.5) is 5.82 Å². The maximum Gasteiger partial charge on any atom is 0.315 e. The molecule has 2 heterocycles. The second-order valence-electron chi connectivity index (χ2n) is 8.53. The summed E-state index contributed by atoms with van der Waals surface area (Å²) in [6.07, 6.45) is 6.10. The number of benzene rings is 1. The van der Waals surface area contributed by atoms with Gasteiger partial charge in [0.2, 0.25) is 5.91 Å². The summed E-state index contributed by atoms with van der Waals surface area (Å²) in [5.41, 5.74) is 9.52. The minimum atomic E-state index is -0.733. The number of nitriles is 1. The van der Waals surface area contributed by atoms with E-state index in [4.69, 9.17) is 15.5 Å². The van der Waals surface area contributed by atoms with Crippen molar-refractivity contribution in [2.24, 2.45) is 17.6 Å². The zero-order valence-electron chi connectivity index (χ0n) is 17.8. The number of hydrogen-bond donors (Lipinski definition) is 2. The lowest BCUT2D eigenvalue weighted by Gasteiger charge is -2.15. The molecule has 5 rings (SSSR count). The van der Waals surface area contributed by atoms with Crippen LogP contribution in [-0.4, -0.2) is 26.9 Å². The number of nitrogens with zero attached hydrogens (tertiary/aromatic N) is 4. The first-order chi connectivity index (χ1) is 16.0. The van der Waals surface area contributed by atoms with E-state index in [1.807, 2.05) is 18.2 Å². The van der Waals surface area contributed by atoms with Crippen LogP contribution in [0.2, 0.25) is 0 Å². The van der Waals surface area contributed by atoms with Gasteiger partial charge in [0.25, 0.3) is 0 Å². The van der Waals surface area contributed by atoms with Crippen LogP contribution in [0.5, 0.6) is 0 Å². The van der Waals surface area contributed by atoms with Crippen molar-refractivity contribution in [3.8, 4) is 17.2 Å². The number of aryl methyl sites for hydroxylation is 1. The number of aromatic nitrogens is 3. The number of nitrogens with two attached hydrogens (primary N) is 1. The van der Waals surface area contributed by atoms with Crippen molar-refractivity contribution in [1.29, 1.82) is 5.26 Å². The number of anilines is 1. The summed E-state index contributed by atoms with van der Waals surface area (Å²) >= 11 is 0. The predicted octanol–water partition coefficient (Wildman–Crippen LogP) is 3.19. The molecule has 2 aliphatic carbocycles. The van der Waals surface area contributed by atoms with Gasteiger partial charge in [-0.3, -0.25) is 9.59 Å². The van der Waals surface area contributed by atoms with E-state index >= 15 is 0 Å². The van der Waals surface area contributed by atoms with Gasteiger partial charge < -0.3 is 15.6 Å². The zero-order valence-corrected chi connectivity index (χ0v) is 17.8. The Morgan fingerprint density at radius 1 is 1.18 bits per heavy atom. The average Bonchev–Trinajstić information content (AvgIpc) is 3.51. The van der Waals surface area contributed by atoms with E-state index in [0.29, 0.717) is 18.1 Å². The number of carbonyl (C=O) groups is 2. The van der Waals surface area contributed by atoms with E-state index in [2.05, 4.69) is 38.6 Å². The number of primary amides is 1. The van der Waals surface area contributed by atoms with Crippen molar-refractivity contribution in [1.82, 2.24) is 15.1 Å². The van der Waals surface area contributed by atoms with Crippen molar-refractivity contribution in [3.05, 3.63) is 59.4 Å². The first kappa shape index (κ1) is 20.8. The molecule has 0 unspecified atom stereocenters. The number of fused-ring (bicyclic) bond motifs is 1. The first-order valence-corrected chi connectivity index (χ1v) is 11.0. The normalized spacial score (nSPS) is 21.4. The van der Waals surface area contributed by atoms with E-state index in [-0.39, 0.29) is 29.6 Å². The van der Waals surface area contributed by atoms with Gasteiger partial charge in [0.1, 0.15) is 5.82 Å². The molecule has 0 radical (unpaired) electrons. The van der Waals surface area contributed by atoms with Gasteiger partial charge in [0.15, 0.2) is 5.82 Å². The van der Waals surface area contributed by atoms with Gasteiger partial charge in [-0.2, -0.15) is 10.2 Å². The van der Waals surface area contributed by atoms with Crippen molar-refractivity contribution in [2.45, 2.75) is 38.0 Å². The number of nitrogens with one attached hydrogen (secondary N) is 1. The van der Waals surface area contributed by atoms with Crippen LogP contribution < -0.4 is 11.1 Å². The summed E-state index contributed by atoms with van der Waals surface area (Å²) in [6, 6.07) is 12.1. The molecule has 1 fully saturated rings. The fourth-order valence-corrected chi connectivity index (χ4v) is 4.43. The van der Waals surface area contributed by atoms with Gasteiger partial charge in [0.05, 0.1) is 17.9 Å². The molecule has 0 bridgehead atoms. The molecule has 0 saturated heterocycles. The van der Waals surface area contributed by atoms with E-state index in [9.17, 15) is 9.59 Å².